The second-order valence-corrected chi connectivity index (χ2v) is 4.83. The molecule has 0 heterocycles. The Morgan fingerprint density at radius 3 is 2.16 bits per heavy atom. The minimum absolute atomic E-state index is 0.511. The summed E-state index contributed by atoms with van der Waals surface area (Å²) in [5, 5.41) is 0. The van der Waals surface area contributed by atoms with Crippen molar-refractivity contribution in [1.82, 2.24) is 0 Å². The number of hydrogen-bond acceptors (Lipinski definition) is 1. The molecule has 1 heteroatoms. The van der Waals surface area contributed by atoms with Crippen LogP contribution >= 0.6 is 0 Å². The van der Waals surface area contributed by atoms with Crippen LogP contribution in [0.25, 0.3) is 0 Å². The Labute approximate surface area is 116 Å². The van der Waals surface area contributed by atoms with Crippen LogP contribution in [0.5, 0.6) is 0 Å². The Balaban J connectivity index is 1.75. The zero-order valence-electron chi connectivity index (χ0n) is 11.6. The molecule has 0 aromatic heterocycles. The van der Waals surface area contributed by atoms with Gasteiger partial charge in [0.25, 0.3) is 0 Å². The second kappa shape index (κ2) is 7.75. The van der Waals surface area contributed by atoms with E-state index in [-0.39, 0.29) is 0 Å². The number of benzene rings is 2. The Hall–Kier alpha value is -1.60. The Kier molecular flexibility index (Phi) is 5.64. The van der Waals surface area contributed by atoms with Gasteiger partial charge in [-0.05, 0) is 24.0 Å². The quantitative estimate of drug-likeness (QED) is 0.664. The summed E-state index contributed by atoms with van der Waals surface area (Å²) in [5.74, 6) is 0.511. The first kappa shape index (κ1) is 13.8. The molecule has 0 bridgehead atoms. The van der Waals surface area contributed by atoms with E-state index in [2.05, 4.69) is 61.5 Å². The van der Waals surface area contributed by atoms with Crippen LogP contribution in [0.15, 0.2) is 60.7 Å². The van der Waals surface area contributed by atoms with Gasteiger partial charge in [-0.1, -0.05) is 67.6 Å². The van der Waals surface area contributed by atoms with Gasteiger partial charge in [0.2, 0.25) is 0 Å². The van der Waals surface area contributed by atoms with Crippen molar-refractivity contribution >= 4 is 0 Å². The summed E-state index contributed by atoms with van der Waals surface area (Å²) >= 11 is 0. The zero-order valence-corrected chi connectivity index (χ0v) is 11.6. The lowest BCUT2D eigenvalue weighted by atomic mass is 9.98. The standard InChI is InChI=1S/C18H22O/c1-2-17(18-11-7-4-8-12-18)15-19-14-13-16-9-5-3-6-10-16/h3-12,17H,2,13-15H2,1H3. The first-order chi connectivity index (χ1) is 9.40. The third-order valence-electron chi connectivity index (χ3n) is 3.46. The molecule has 2 rings (SSSR count). The van der Waals surface area contributed by atoms with Crippen LogP contribution in [0, 0.1) is 0 Å². The molecule has 0 aliphatic heterocycles. The molecule has 19 heavy (non-hydrogen) atoms. The van der Waals surface area contributed by atoms with E-state index < -0.39 is 0 Å². The number of hydrogen-bond donors (Lipinski definition) is 0. The van der Waals surface area contributed by atoms with E-state index in [0.717, 1.165) is 26.1 Å². The molecule has 0 saturated carbocycles. The van der Waals surface area contributed by atoms with Gasteiger partial charge in [0.15, 0.2) is 0 Å². The lowest BCUT2D eigenvalue weighted by molar-refractivity contribution is 0.121. The predicted molar refractivity (Wildman–Crippen MR) is 80.4 cm³/mol. The minimum atomic E-state index is 0.511. The van der Waals surface area contributed by atoms with E-state index in [9.17, 15) is 0 Å². The summed E-state index contributed by atoms with van der Waals surface area (Å²) in [7, 11) is 0. The molecule has 0 aliphatic carbocycles. The van der Waals surface area contributed by atoms with E-state index in [1.807, 2.05) is 6.07 Å². The molecule has 0 saturated heterocycles. The van der Waals surface area contributed by atoms with Gasteiger partial charge in [-0.15, -0.1) is 0 Å². The smallest absolute Gasteiger partial charge is 0.0534 e. The molecule has 1 unspecified atom stereocenters. The van der Waals surface area contributed by atoms with Crippen LogP contribution < -0.4 is 0 Å². The highest BCUT2D eigenvalue weighted by Crippen LogP contribution is 2.19. The molecule has 0 aliphatic rings. The Bertz CT molecular complexity index is 450. The normalized spacial score (nSPS) is 12.3. The maximum Gasteiger partial charge on any atom is 0.0534 e. The fourth-order valence-electron chi connectivity index (χ4n) is 2.24. The highest BCUT2D eigenvalue weighted by Gasteiger charge is 2.08. The summed E-state index contributed by atoms with van der Waals surface area (Å²) in [6, 6.07) is 21.1. The Morgan fingerprint density at radius 1 is 0.895 bits per heavy atom. The first-order valence-corrected chi connectivity index (χ1v) is 7.06. The van der Waals surface area contributed by atoms with Gasteiger partial charge in [0, 0.05) is 5.92 Å². The SMILES string of the molecule is CCC(COCCc1ccccc1)c1ccccc1. The summed E-state index contributed by atoms with van der Waals surface area (Å²) < 4.78 is 5.85. The van der Waals surface area contributed by atoms with E-state index in [4.69, 9.17) is 4.74 Å². The molecular formula is C18H22O. The topological polar surface area (TPSA) is 9.23 Å². The number of ether oxygens (including phenoxy) is 1. The van der Waals surface area contributed by atoms with Crippen LogP contribution in [0.4, 0.5) is 0 Å². The molecule has 0 spiro atoms. The fraction of sp³-hybridized carbons (Fsp3) is 0.333. The van der Waals surface area contributed by atoms with Gasteiger partial charge in [0.05, 0.1) is 13.2 Å². The molecule has 2 aromatic carbocycles. The third kappa shape index (κ3) is 4.53. The minimum Gasteiger partial charge on any atom is -0.380 e. The van der Waals surface area contributed by atoms with Gasteiger partial charge in [-0.2, -0.15) is 0 Å². The monoisotopic (exact) mass is 254 g/mol. The highest BCUT2D eigenvalue weighted by atomic mass is 16.5. The van der Waals surface area contributed by atoms with E-state index in [1.165, 1.54) is 11.1 Å². The van der Waals surface area contributed by atoms with Gasteiger partial charge < -0.3 is 4.74 Å². The van der Waals surface area contributed by atoms with Crippen LogP contribution in [-0.2, 0) is 11.2 Å². The van der Waals surface area contributed by atoms with Crippen molar-refractivity contribution in [3.8, 4) is 0 Å². The summed E-state index contributed by atoms with van der Waals surface area (Å²) in [6.07, 6.45) is 2.11. The Morgan fingerprint density at radius 2 is 1.53 bits per heavy atom. The van der Waals surface area contributed by atoms with Gasteiger partial charge in [-0.25, -0.2) is 0 Å². The lowest BCUT2D eigenvalue weighted by Crippen LogP contribution is -2.09. The molecule has 1 atom stereocenters. The molecule has 2 aromatic rings. The van der Waals surface area contributed by atoms with E-state index in [1.54, 1.807) is 0 Å². The van der Waals surface area contributed by atoms with Crippen molar-refractivity contribution in [2.75, 3.05) is 13.2 Å². The first-order valence-electron chi connectivity index (χ1n) is 7.06. The average molecular weight is 254 g/mol. The molecule has 0 amide bonds. The van der Waals surface area contributed by atoms with Crippen LogP contribution in [0.1, 0.15) is 30.4 Å². The highest BCUT2D eigenvalue weighted by molar-refractivity contribution is 5.19. The summed E-state index contributed by atoms with van der Waals surface area (Å²) in [4.78, 5) is 0. The van der Waals surface area contributed by atoms with E-state index >= 15 is 0 Å². The fourth-order valence-corrected chi connectivity index (χ4v) is 2.24. The average Bonchev–Trinajstić information content (AvgIpc) is 2.49. The number of rotatable bonds is 7. The van der Waals surface area contributed by atoms with Gasteiger partial charge in [-0.3, -0.25) is 0 Å². The molecule has 0 radical (unpaired) electrons. The van der Waals surface area contributed by atoms with E-state index in [0.29, 0.717) is 5.92 Å². The van der Waals surface area contributed by atoms with Crippen molar-refractivity contribution < 1.29 is 4.74 Å². The summed E-state index contributed by atoms with van der Waals surface area (Å²) in [5.41, 5.74) is 2.72. The van der Waals surface area contributed by atoms with Gasteiger partial charge in [0.1, 0.15) is 0 Å². The van der Waals surface area contributed by atoms with Crippen molar-refractivity contribution in [3.63, 3.8) is 0 Å². The van der Waals surface area contributed by atoms with Crippen molar-refractivity contribution in [2.24, 2.45) is 0 Å². The van der Waals surface area contributed by atoms with Gasteiger partial charge >= 0.3 is 0 Å². The van der Waals surface area contributed by atoms with Crippen LogP contribution in [0.2, 0.25) is 0 Å². The molecule has 0 fully saturated rings. The zero-order chi connectivity index (χ0) is 13.3. The molecule has 0 N–H and O–H groups in total. The second-order valence-electron chi connectivity index (χ2n) is 4.83. The van der Waals surface area contributed by atoms with Crippen LogP contribution in [0.3, 0.4) is 0 Å². The van der Waals surface area contributed by atoms with Crippen LogP contribution in [-0.4, -0.2) is 13.2 Å². The molecular weight excluding hydrogens is 232 g/mol. The van der Waals surface area contributed by atoms with Crippen molar-refractivity contribution in [2.45, 2.75) is 25.7 Å². The molecule has 100 valence electrons. The maximum absolute atomic E-state index is 5.85. The third-order valence-corrected chi connectivity index (χ3v) is 3.46. The predicted octanol–water partition coefficient (Wildman–Crippen LogP) is 4.44. The molecule has 1 nitrogen and oxygen atoms in total. The van der Waals surface area contributed by atoms with Crippen molar-refractivity contribution in [3.05, 3.63) is 71.8 Å². The lowest BCUT2D eigenvalue weighted by Gasteiger charge is -2.15. The van der Waals surface area contributed by atoms with Crippen molar-refractivity contribution in [1.29, 1.82) is 0 Å². The largest absolute Gasteiger partial charge is 0.380 e. The summed E-state index contributed by atoms with van der Waals surface area (Å²) in [6.45, 7) is 3.83. The maximum atomic E-state index is 5.85.